The Labute approximate surface area is 207 Å². The minimum atomic E-state index is -2.29. The summed E-state index contributed by atoms with van der Waals surface area (Å²) >= 11 is 0. The van der Waals surface area contributed by atoms with Crippen molar-refractivity contribution in [1.29, 1.82) is 0 Å². The SMILES string of the molecule is CCON1C(=O)C(C=C=O)(NC(=O)Nc2cccc(C)c2)N=C(c2ccccc2F)c2ccccc21. The van der Waals surface area contributed by atoms with Gasteiger partial charge in [-0.3, -0.25) is 9.63 Å². The Hall–Kier alpha value is -4.59. The number of hydrogen-bond acceptors (Lipinski definition) is 5. The van der Waals surface area contributed by atoms with Crippen LogP contribution < -0.4 is 15.7 Å². The van der Waals surface area contributed by atoms with Gasteiger partial charge in [-0.15, -0.1) is 0 Å². The summed E-state index contributed by atoms with van der Waals surface area (Å²) in [5.74, 6) is 0.0856. The molecule has 1 unspecified atom stereocenters. The fourth-order valence-corrected chi connectivity index (χ4v) is 3.87. The van der Waals surface area contributed by atoms with E-state index in [4.69, 9.17) is 4.84 Å². The number of urea groups is 1. The third-order valence-electron chi connectivity index (χ3n) is 5.41. The molecule has 3 aromatic carbocycles. The third-order valence-corrected chi connectivity index (χ3v) is 5.41. The van der Waals surface area contributed by atoms with Crippen molar-refractivity contribution >= 4 is 35.0 Å². The molecule has 1 heterocycles. The summed E-state index contributed by atoms with van der Waals surface area (Å²) in [4.78, 5) is 48.7. The molecule has 0 radical (unpaired) electrons. The van der Waals surface area contributed by atoms with E-state index < -0.39 is 23.4 Å². The molecule has 2 N–H and O–H groups in total. The number of nitrogens with one attached hydrogen (secondary N) is 2. The fourth-order valence-electron chi connectivity index (χ4n) is 3.87. The number of aryl methyl sites for hydroxylation is 1. The zero-order chi connectivity index (χ0) is 25.7. The third kappa shape index (κ3) is 4.79. The van der Waals surface area contributed by atoms with Crippen molar-refractivity contribution in [2.45, 2.75) is 19.5 Å². The lowest BCUT2D eigenvalue weighted by molar-refractivity contribution is -0.130. The van der Waals surface area contributed by atoms with Crippen LogP contribution in [0.3, 0.4) is 0 Å². The number of fused-ring (bicyclic) bond motifs is 1. The second-order valence-corrected chi connectivity index (χ2v) is 7.95. The lowest BCUT2D eigenvalue weighted by atomic mass is 10.00. The molecule has 0 aromatic heterocycles. The van der Waals surface area contributed by atoms with Crippen LogP contribution in [0.2, 0.25) is 0 Å². The van der Waals surface area contributed by atoms with Crippen LogP contribution in [0.15, 0.2) is 83.9 Å². The summed E-state index contributed by atoms with van der Waals surface area (Å²) in [6.07, 6.45) is 0.782. The average molecular weight is 487 g/mol. The summed E-state index contributed by atoms with van der Waals surface area (Å²) < 4.78 is 15.0. The van der Waals surface area contributed by atoms with Crippen molar-refractivity contribution in [2.75, 3.05) is 17.0 Å². The summed E-state index contributed by atoms with van der Waals surface area (Å²) in [5, 5.41) is 6.07. The molecular formula is C27H23FN4O4. The van der Waals surface area contributed by atoms with Crippen molar-refractivity contribution in [1.82, 2.24) is 5.32 Å². The van der Waals surface area contributed by atoms with Gasteiger partial charge < -0.3 is 10.6 Å². The van der Waals surface area contributed by atoms with Crippen molar-refractivity contribution in [3.63, 3.8) is 0 Å². The molecule has 1 aliphatic rings. The predicted molar refractivity (Wildman–Crippen MR) is 134 cm³/mol. The second kappa shape index (κ2) is 10.4. The first-order chi connectivity index (χ1) is 17.4. The predicted octanol–water partition coefficient (Wildman–Crippen LogP) is 4.18. The average Bonchev–Trinajstić information content (AvgIpc) is 2.94. The smallest absolute Gasteiger partial charge is 0.308 e. The highest BCUT2D eigenvalue weighted by molar-refractivity contribution is 6.21. The Morgan fingerprint density at radius 1 is 1.11 bits per heavy atom. The molecule has 4 rings (SSSR count). The zero-order valence-corrected chi connectivity index (χ0v) is 19.6. The largest absolute Gasteiger partial charge is 0.321 e. The number of benzodiazepines with no additional fused rings is 1. The molecule has 36 heavy (non-hydrogen) atoms. The van der Waals surface area contributed by atoms with Crippen LogP contribution in [-0.2, 0) is 14.4 Å². The monoisotopic (exact) mass is 486 g/mol. The summed E-state index contributed by atoms with van der Waals surface area (Å²) in [6.45, 7) is 3.62. The van der Waals surface area contributed by atoms with Gasteiger partial charge >= 0.3 is 11.9 Å². The van der Waals surface area contributed by atoms with Gasteiger partial charge in [0.05, 0.1) is 24.1 Å². The maximum absolute atomic E-state index is 15.0. The van der Waals surface area contributed by atoms with E-state index in [-0.39, 0.29) is 23.6 Å². The molecule has 3 aromatic rings. The number of anilines is 2. The van der Waals surface area contributed by atoms with Gasteiger partial charge in [-0.25, -0.2) is 19.0 Å². The van der Waals surface area contributed by atoms with E-state index in [2.05, 4.69) is 15.6 Å². The number of hydroxylamine groups is 1. The molecule has 0 bridgehead atoms. The molecule has 0 fully saturated rings. The van der Waals surface area contributed by atoms with E-state index >= 15 is 0 Å². The highest BCUT2D eigenvalue weighted by atomic mass is 19.1. The van der Waals surface area contributed by atoms with E-state index in [9.17, 15) is 18.8 Å². The number of amides is 3. The van der Waals surface area contributed by atoms with Crippen LogP contribution in [-0.4, -0.2) is 35.9 Å². The maximum atomic E-state index is 15.0. The number of nitrogens with zero attached hydrogens (tertiary/aromatic N) is 2. The molecule has 0 aliphatic carbocycles. The van der Waals surface area contributed by atoms with E-state index in [1.54, 1.807) is 61.4 Å². The van der Waals surface area contributed by atoms with E-state index in [1.165, 1.54) is 18.2 Å². The van der Waals surface area contributed by atoms with Gasteiger partial charge in [0.1, 0.15) is 11.8 Å². The first kappa shape index (κ1) is 24.5. The van der Waals surface area contributed by atoms with E-state index in [0.717, 1.165) is 16.7 Å². The molecule has 8 nitrogen and oxygen atoms in total. The number of carbonyl (C=O) groups is 2. The molecule has 1 atom stereocenters. The van der Waals surface area contributed by atoms with Crippen molar-refractivity contribution in [3.8, 4) is 0 Å². The van der Waals surface area contributed by atoms with Gasteiger partial charge in [-0.2, -0.15) is 5.06 Å². The van der Waals surface area contributed by atoms with Crippen LogP contribution in [0.4, 0.5) is 20.6 Å². The Kier molecular flexibility index (Phi) is 7.05. The Morgan fingerprint density at radius 2 is 1.83 bits per heavy atom. The standard InChI is InChI=1S/C27H23FN4O4/c1-3-36-32-23-14-7-5-12-21(23)24(20-11-4-6-13-22(20)28)30-27(15-16-33,25(32)34)31-26(35)29-19-10-8-9-18(2)17-19/h4-15,17H,3H2,1-2H3,(H2,29,31,35). The number of para-hydroxylation sites is 1. The molecule has 3 amide bonds. The maximum Gasteiger partial charge on any atom is 0.321 e. The summed E-state index contributed by atoms with van der Waals surface area (Å²) in [5.41, 5.74) is -0.176. The van der Waals surface area contributed by atoms with Gasteiger partial charge in [-0.05, 0) is 49.7 Å². The fraction of sp³-hybridized carbons (Fsp3) is 0.148. The van der Waals surface area contributed by atoms with E-state index in [1.807, 2.05) is 13.0 Å². The van der Waals surface area contributed by atoms with Crippen molar-refractivity contribution in [3.05, 3.63) is 101 Å². The van der Waals surface area contributed by atoms with Crippen LogP contribution in [0.25, 0.3) is 0 Å². The van der Waals surface area contributed by atoms with Crippen molar-refractivity contribution in [2.24, 2.45) is 4.99 Å². The Morgan fingerprint density at radius 3 is 2.53 bits per heavy atom. The zero-order valence-electron chi connectivity index (χ0n) is 19.6. The second-order valence-electron chi connectivity index (χ2n) is 7.95. The van der Waals surface area contributed by atoms with Gasteiger partial charge in [0.15, 0.2) is 0 Å². The van der Waals surface area contributed by atoms with Crippen LogP contribution >= 0.6 is 0 Å². The molecule has 0 spiro atoms. The van der Waals surface area contributed by atoms with E-state index in [0.29, 0.717) is 11.3 Å². The summed E-state index contributed by atoms with van der Waals surface area (Å²) in [7, 11) is 0. The molecule has 0 saturated heterocycles. The van der Waals surface area contributed by atoms with Crippen LogP contribution in [0.1, 0.15) is 23.6 Å². The number of benzene rings is 3. The topological polar surface area (TPSA) is 100 Å². The number of rotatable bonds is 6. The minimum Gasteiger partial charge on any atom is -0.308 e. The van der Waals surface area contributed by atoms with Gasteiger partial charge in [0, 0.05) is 16.8 Å². The van der Waals surface area contributed by atoms with Crippen molar-refractivity contribution < 1.29 is 23.6 Å². The summed E-state index contributed by atoms with van der Waals surface area (Å²) in [6, 6.07) is 18.7. The Balaban J connectivity index is 1.91. The number of halogens is 1. The first-order valence-electron chi connectivity index (χ1n) is 11.2. The lowest BCUT2D eigenvalue weighted by Gasteiger charge is -2.29. The van der Waals surface area contributed by atoms with Gasteiger partial charge in [0.2, 0.25) is 5.66 Å². The first-order valence-corrected chi connectivity index (χ1v) is 11.2. The van der Waals surface area contributed by atoms with Gasteiger partial charge in [0.25, 0.3) is 0 Å². The number of hydrogen-bond donors (Lipinski definition) is 2. The normalized spacial score (nSPS) is 16.8. The molecule has 0 saturated carbocycles. The highest BCUT2D eigenvalue weighted by Gasteiger charge is 2.46. The number of carbonyl (C=O) groups excluding carboxylic acids is 3. The molecule has 9 heteroatoms. The number of aliphatic imine (C=N–C) groups is 1. The Bertz CT molecular complexity index is 1400. The van der Waals surface area contributed by atoms with Crippen LogP contribution in [0.5, 0.6) is 0 Å². The molecule has 1 aliphatic heterocycles. The quantitative estimate of drug-likeness (QED) is 0.511. The van der Waals surface area contributed by atoms with Gasteiger partial charge in [-0.1, -0.05) is 42.5 Å². The minimum absolute atomic E-state index is 0.0432. The van der Waals surface area contributed by atoms with Crippen LogP contribution in [0, 0.1) is 12.7 Å². The highest BCUT2D eigenvalue weighted by Crippen LogP contribution is 2.33. The molecular weight excluding hydrogens is 463 g/mol. The molecule has 182 valence electrons. The lowest BCUT2D eigenvalue weighted by Crippen LogP contribution is -2.58.